The number of carbonyl (C=O) groups excluding carboxylic acids is 1. The minimum absolute atomic E-state index is 0.0552. The van der Waals surface area contributed by atoms with Crippen LogP contribution in [0.4, 0.5) is 0 Å². The Labute approximate surface area is 140 Å². The Morgan fingerprint density at radius 3 is 2.96 bits per heavy atom. The third-order valence-corrected chi connectivity index (χ3v) is 4.59. The second-order valence-corrected chi connectivity index (χ2v) is 6.18. The molecule has 3 rings (SSSR count). The highest BCUT2D eigenvalue weighted by Crippen LogP contribution is 2.24. The van der Waals surface area contributed by atoms with Crippen molar-refractivity contribution in [1.29, 1.82) is 0 Å². The quantitative estimate of drug-likeness (QED) is 0.863. The third-order valence-electron chi connectivity index (χ3n) is 4.26. The molecule has 6 nitrogen and oxygen atoms in total. The smallest absolute Gasteiger partial charge is 0.246 e. The Bertz CT molecular complexity index is 687. The van der Waals surface area contributed by atoms with Crippen LogP contribution in [0.1, 0.15) is 32.6 Å². The maximum absolute atomic E-state index is 12.5. The molecule has 7 heteroatoms. The number of tetrazole rings is 1. The lowest BCUT2D eigenvalue weighted by molar-refractivity contribution is -0.136. The molecular weight excluding hydrogens is 314 g/mol. The number of hydrogen-bond acceptors (Lipinski definition) is 4. The van der Waals surface area contributed by atoms with E-state index in [1.807, 2.05) is 23.1 Å². The molecule has 1 fully saturated rings. The number of halogens is 1. The molecule has 0 radical (unpaired) electrons. The molecule has 1 aliphatic heterocycles. The summed E-state index contributed by atoms with van der Waals surface area (Å²) in [5.74, 6) is 0.494. The second-order valence-electron chi connectivity index (χ2n) is 5.77. The first-order valence-corrected chi connectivity index (χ1v) is 8.39. The van der Waals surface area contributed by atoms with Crippen LogP contribution in [0.5, 0.6) is 0 Å². The summed E-state index contributed by atoms with van der Waals surface area (Å²) in [6, 6.07) is 7.67. The average Bonchev–Trinajstić information content (AvgIpc) is 3.03. The normalized spacial score (nSPS) is 18.2. The Hall–Kier alpha value is -1.95. The molecule has 0 bridgehead atoms. The van der Waals surface area contributed by atoms with Crippen LogP contribution in [0.15, 0.2) is 24.3 Å². The van der Waals surface area contributed by atoms with Gasteiger partial charge in [-0.1, -0.05) is 30.7 Å². The fourth-order valence-electron chi connectivity index (χ4n) is 3.03. The number of likely N-dealkylation sites (tertiary alicyclic amines) is 1. The van der Waals surface area contributed by atoms with Crippen LogP contribution in [-0.4, -0.2) is 43.6 Å². The molecule has 0 unspecified atom stereocenters. The zero-order valence-corrected chi connectivity index (χ0v) is 13.9. The van der Waals surface area contributed by atoms with Crippen LogP contribution in [0, 0.1) is 0 Å². The number of hydrogen-bond donors (Lipinski definition) is 0. The summed E-state index contributed by atoms with van der Waals surface area (Å²) in [5, 5.41) is 12.9. The fourth-order valence-corrected chi connectivity index (χ4v) is 3.25. The maximum atomic E-state index is 12.5. The van der Waals surface area contributed by atoms with Crippen molar-refractivity contribution in [3.63, 3.8) is 0 Å². The molecule has 1 amide bonds. The fraction of sp³-hybridized carbons (Fsp3) is 0.500. The zero-order chi connectivity index (χ0) is 16.2. The van der Waals surface area contributed by atoms with Crippen LogP contribution in [-0.2, 0) is 11.3 Å². The number of amides is 1. The molecule has 0 spiro atoms. The average molecular weight is 334 g/mol. The van der Waals surface area contributed by atoms with Gasteiger partial charge in [-0.3, -0.25) is 4.79 Å². The maximum Gasteiger partial charge on any atom is 0.246 e. The molecule has 2 aromatic rings. The van der Waals surface area contributed by atoms with Gasteiger partial charge in [0, 0.05) is 18.2 Å². The van der Waals surface area contributed by atoms with Crippen molar-refractivity contribution in [3.05, 3.63) is 29.3 Å². The predicted octanol–water partition coefficient (Wildman–Crippen LogP) is 2.78. The Kier molecular flexibility index (Phi) is 4.91. The van der Waals surface area contributed by atoms with Gasteiger partial charge in [-0.25, -0.2) is 0 Å². The van der Waals surface area contributed by atoms with Crippen LogP contribution in [0.3, 0.4) is 0 Å². The van der Waals surface area contributed by atoms with Crippen molar-refractivity contribution in [1.82, 2.24) is 25.1 Å². The third kappa shape index (κ3) is 3.52. The zero-order valence-electron chi connectivity index (χ0n) is 13.2. The summed E-state index contributed by atoms with van der Waals surface area (Å²) < 4.78 is 0. The monoisotopic (exact) mass is 333 g/mol. The summed E-state index contributed by atoms with van der Waals surface area (Å²) in [4.78, 5) is 15.8. The molecule has 1 saturated heterocycles. The molecule has 2 heterocycles. The Balaban J connectivity index is 1.71. The lowest BCUT2D eigenvalue weighted by Gasteiger charge is -2.35. The van der Waals surface area contributed by atoms with E-state index in [4.69, 9.17) is 11.6 Å². The first-order valence-electron chi connectivity index (χ1n) is 8.01. The van der Waals surface area contributed by atoms with Crippen molar-refractivity contribution >= 4 is 17.5 Å². The van der Waals surface area contributed by atoms with Crippen LogP contribution < -0.4 is 0 Å². The first-order chi connectivity index (χ1) is 11.2. The van der Waals surface area contributed by atoms with E-state index in [9.17, 15) is 4.79 Å². The molecule has 23 heavy (non-hydrogen) atoms. The van der Waals surface area contributed by atoms with E-state index in [0.29, 0.717) is 16.9 Å². The number of benzene rings is 1. The van der Waals surface area contributed by atoms with Gasteiger partial charge < -0.3 is 4.90 Å². The van der Waals surface area contributed by atoms with Gasteiger partial charge >= 0.3 is 0 Å². The number of nitrogens with zero attached hydrogens (tertiary/aromatic N) is 5. The lowest BCUT2D eigenvalue weighted by Crippen LogP contribution is -2.45. The summed E-state index contributed by atoms with van der Waals surface area (Å²) in [6.07, 6.45) is 4.33. The van der Waals surface area contributed by atoms with Gasteiger partial charge in [0.2, 0.25) is 11.7 Å². The van der Waals surface area contributed by atoms with E-state index in [1.165, 1.54) is 11.2 Å². The Morgan fingerprint density at radius 2 is 2.17 bits per heavy atom. The topological polar surface area (TPSA) is 63.9 Å². The van der Waals surface area contributed by atoms with E-state index >= 15 is 0 Å². The highest BCUT2D eigenvalue weighted by Gasteiger charge is 2.26. The minimum atomic E-state index is 0.0552. The summed E-state index contributed by atoms with van der Waals surface area (Å²) in [5.41, 5.74) is 0.720. The van der Waals surface area contributed by atoms with Crippen molar-refractivity contribution in [3.8, 4) is 11.4 Å². The minimum Gasteiger partial charge on any atom is -0.338 e. The molecule has 0 N–H and O–H groups in total. The van der Waals surface area contributed by atoms with Gasteiger partial charge in [0.25, 0.3) is 0 Å². The van der Waals surface area contributed by atoms with E-state index in [0.717, 1.165) is 31.4 Å². The van der Waals surface area contributed by atoms with E-state index in [1.54, 1.807) is 6.07 Å². The lowest BCUT2D eigenvalue weighted by atomic mass is 10.00. The number of piperidine rings is 1. The highest BCUT2D eigenvalue weighted by atomic mass is 35.5. The van der Waals surface area contributed by atoms with E-state index < -0.39 is 0 Å². The number of aromatic nitrogens is 4. The van der Waals surface area contributed by atoms with Crippen LogP contribution >= 0.6 is 11.6 Å². The first kappa shape index (κ1) is 15.9. The van der Waals surface area contributed by atoms with Crippen molar-refractivity contribution in [2.24, 2.45) is 0 Å². The van der Waals surface area contributed by atoms with Crippen molar-refractivity contribution in [2.45, 2.75) is 45.2 Å². The van der Waals surface area contributed by atoms with Gasteiger partial charge in [0.1, 0.15) is 6.54 Å². The van der Waals surface area contributed by atoms with Crippen LogP contribution in [0.25, 0.3) is 11.4 Å². The second kappa shape index (κ2) is 7.08. The summed E-state index contributed by atoms with van der Waals surface area (Å²) in [7, 11) is 0. The standard InChI is InChI=1S/C16H20ClN5O/c1-2-12-7-5-6-10-21(12)15(23)11-22-19-16(18-20-22)13-8-3-4-9-14(13)17/h3-4,8-9,12H,2,5-7,10-11H2,1H3/t12-/m1/s1. The molecule has 1 atom stereocenters. The summed E-state index contributed by atoms with van der Waals surface area (Å²) >= 11 is 6.14. The molecule has 1 aliphatic rings. The highest BCUT2D eigenvalue weighted by molar-refractivity contribution is 6.33. The van der Waals surface area contributed by atoms with Gasteiger partial charge in [0.05, 0.1) is 5.02 Å². The molecule has 122 valence electrons. The van der Waals surface area contributed by atoms with Crippen LogP contribution in [0.2, 0.25) is 5.02 Å². The van der Waals surface area contributed by atoms with Gasteiger partial charge in [0.15, 0.2) is 0 Å². The van der Waals surface area contributed by atoms with E-state index in [-0.39, 0.29) is 12.5 Å². The Morgan fingerprint density at radius 1 is 1.35 bits per heavy atom. The largest absolute Gasteiger partial charge is 0.338 e. The molecule has 1 aromatic carbocycles. The molecule has 0 aliphatic carbocycles. The number of carbonyl (C=O) groups is 1. The molecule has 0 saturated carbocycles. The van der Waals surface area contributed by atoms with Crippen molar-refractivity contribution < 1.29 is 4.79 Å². The van der Waals surface area contributed by atoms with Gasteiger partial charge in [-0.2, -0.15) is 4.80 Å². The SMILES string of the molecule is CC[C@@H]1CCCCN1C(=O)Cn1nnc(-c2ccccc2Cl)n1. The molecule has 1 aromatic heterocycles. The number of rotatable bonds is 4. The van der Waals surface area contributed by atoms with Gasteiger partial charge in [-0.15, -0.1) is 10.2 Å². The predicted molar refractivity (Wildman–Crippen MR) is 87.9 cm³/mol. The summed E-state index contributed by atoms with van der Waals surface area (Å²) in [6.45, 7) is 3.07. The van der Waals surface area contributed by atoms with E-state index in [2.05, 4.69) is 22.3 Å². The molecular formula is C16H20ClN5O. The van der Waals surface area contributed by atoms with Gasteiger partial charge in [-0.05, 0) is 43.0 Å². The van der Waals surface area contributed by atoms with Crippen molar-refractivity contribution in [2.75, 3.05) is 6.54 Å².